The van der Waals surface area contributed by atoms with E-state index in [1.165, 1.54) is 11.1 Å². The van der Waals surface area contributed by atoms with Crippen molar-refractivity contribution >= 4 is 16.9 Å². The molecule has 0 radical (unpaired) electrons. The Morgan fingerprint density at radius 1 is 0.880 bits per heavy atom. The second kappa shape index (κ2) is 5.74. The monoisotopic (exact) mass is 326 g/mol. The second-order valence-corrected chi connectivity index (χ2v) is 6.45. The zero-order valence-corrected chi connectivity index (χ0v) is 13.8. The van der Waals surface area contributed by atoms with Gasteiger partial charge in [-0.25, -0.2) is 9.97 Å². The molecule has 0 spiro atoms. The Bertz CT molecular complexity index is 1000. The molecule has 2 aromatic carbocycles. The Balaban J connectivity index is 1.42. The highest BCUT2D eigenvalue weighted by Crippen LogP contribution is 2.25. The summed E-state index contributed by atoms with van der Waals surface area (Å²) in [5.41, 5.74) is 5.90. The van der Waals surface area contributed by atoms with E-state index in [2.05, 4.69) is 56.3 Å². The van der Waals surface area contributed by atoms with E-state index >= 15 is 0 Å². The molecule has 0 saturated heterocycles. The molecular weight excluding hydrogens is 308 g/mol. The van der Waals surface area contributed by atoms with E-state index in [9.17, 15) is 0 Å². The van der Waals surface area contributed by atoms with Gasteiger partial charge in [0.2, 0.25) is 0 Å². The van der Waals surface area contributed by atoms with Crippen molar-refractivity contribution in [3.8, 4) is 11.4 Å². The number of H-pyrrole nitrogens is 1. The third kappa shape index (κ3) is 2.56. The summed E-state index contributed by atoms with van der Waals surface area (Å²) in [5, 5.41) is 0. The number of rotatable bonds is 2. The number of pyridine rings is 1. The molecule has 25 heavy (non-hydrogen) atoms. The predicted molar refractivity (Wildman–Crippen MR) is 101 cm³/mol. The van der Waals surface area contributed by atoms with Crippen molar-refractivity contribution < 1.29 is 0 Å². The van der Waals surface area contributed by atoms with Gasteiger partial charge in [-0.15, -0.1) is 0 Å². The standard InChI is InChI=1S/C21H18N4/c1-2-6-17-14-25(12-11-15(17)5-1)20-10-9-16(13-22-20)21-23-18-7-3-4-8-19(18)24-21/h1-10,13H,11-12,14H2,(H,23,24). The highest BCUT2D eigenvalue weighted by molar-refractivity contribution is 5.79. The number of nitrogens with zero attached hydrogens (tertiary/aromatic N) is 3. The molecular formula is C21H18N4. The summed E-state index contributed by atoms with van der Waals surface area (Å²) in [6.45, 7) is 1.93. The third-order valence-corrected chi connectivity index (χ3v) is 4.87. The van der Waals surface area contributed by atoms with E-state index < -0.39 is 0 Å². The highest BCUT2D eigenvalue weighted by Gasteiger charge is 2.17. The molecule has 0 saturated carbocycles. The maximum Gasteiger partial charge on any atom is 0.140 e. The van der Waals surface area contributed by atoms with Crippen LogP contribution in [-0.4, -0.2) is 21.5 Å². The van der Waals surface area contributed by atoms with Gasteiger partial charge in [-0.3, -0.25) is 0 Å². The van der Waals surface area contributed by atoms with Crippen molar-refractivity contribution in [2.75, 3.05) is 11.4 Å². The number of nitrogens with one attached hydrogen (secondary N) is 1. The molecule has 0 aliphatic carbocycles. The molecule has 1 aliphatic heterocycles. The molecule has 0 atom stereocenters. The van der Waals surface area contributed by atoms with Gasteiger partial charge in [0.05, 0.1) is 11.0 Å². The van der Waals surface area contributed by atoms with Crippen LogP contribution in [0.25, 0.3) is 22.4 Å². The first kappa shape index (κ1) is 14.2. The van der Waals surface area contributed by atoms with Crippen molar-refractivity contribution in [2.45, 2.75) is 13.0 Å². The summed E-state index contributed by atoms with van der Waals surface area (Å²) in [6.07, 6.45) is 2.98. The van der Waals surface area contributed by atoms with E-state index in [1.54, 1.807) is 0 Å². The fourth-order valence-corrected chi connectivity index (χ4v) is 3.49. The summed E-state index contributed by atoms with van der Waals surface area (Å²) in [6, 6.07) is 20.9. The van der Waals surface area contributed by atoms with Gasteiger partial charge in [-0.05, 0) is 41.8 Å². The quantitative estimate of drug-likeness (QED) is 0.601. The first-order valence-corrected chi connectivity index (χ1v) is 8.60. The molecule has 4 heteroatoms. The lowest BCUT2D eigenvalue weighted by Crippen LogP contribution is -2.30. The molecule has 0 amide bonds. The molecule has 0 unspecified atom stereocenters. The van der Waals surface area contributed by atoms with Gasteiger partial charge in [0.25, 0.3) is 0 Å². The number of fused-ring (bicyclic) bond motifs is 2. The zero-order valence-electron chi connectivity index (χ0n) is 13.8. The van der Waals surface area contributed by atoms with Crippen molar-refractivity contribution in [1.82, 2.24) is 15.0 Å². The fraction of sp³-hybridized carbons (Fsp3) is 0.143. The molecule has 0 fully saturated rings. The topological polar surface area (TPSA) is 44.8 Å². The van der Waals surface area contributed by atoms with E-state index in [0.29, 0.717) is 0 Å². The minimum absolute atomic E-state index is 0.865. The lowest BCUT2D eigenvalue weighted by Gasteiger charge is -2.29. The maximum atomic E-state index is 4.69. The number of anilines is 1. The molecule has 1 N–H and O–H groups in total. The van der Waals surface area contributed by atoms with Crippen LogP contribution in [0.2, 0.25) is 0 Å². The zero-order chi connectivity index (χ0) is 16.6. The highest BCUT2D eigenvalue weighted by atomic mass is 15.2. The minimum atomic E-state index is 0.865. The summed E-state index contributed by atoms with van der Waals surface area (Å²) < 4.78 is 0. The van der Waals surface area contributed by atoms with Crippen LogP contribution in [0.15, 0.2) is 66.9 Å². The first-order chi connectivity index (χ1) is 12.4. The number of para-hydroxylation sites is 2. The number of imidazole rings is 1. The predicted octanol–water partition coefficient (Wildman–Crippen LogP) is 4.19. The normalized spacial score (nSPS) is 13.8. The lowest BCUT2D eigenvalue weighted by molar-refractivity contribution is 0.721. The van der Waals surface area contributed by atoms with Crippen LogP contribution in [-0.2, 0) is 13.0 Å². The van der Waals surface area contributed by atoms with Crippen molar-refractivity contribution in [3.05, 3.63) is 78.0 Å². The van der Waals surface area contributed by atoms with Crippen LogP contribution < -0.4 is 4.90 Å². The van der Waals surface area contributed by atoms with Gasteiger partial charge in [0, 0.05) is 24.8 Å². The van der Waals surface area contributed by atoms with Gasteiger partial charge in [0.1, 0.15) is 11.6 Å². The van der Waals surface area contributed by atoms with Gasteiger partial charge < -0.3 is 9.88 Å². The largest absolute Gasteiger partial charge is 0.352 e. The van der Waals surface area contributed by atoms with E-state index in [1.807, 2.05) is 30.5 Å². The number of hydrogen-bond acceptors (Lipinski definition) is 3. The smallest absolute Gasteiger partial charge is 0.140 e. The summed E-state index contributed by atoms with van der Waals surface area (Å²) in [7, 11) is 0. The number of benzene rings is 2. The van der Waals surface area contributed by atoms with Crippen LogP contribution in [0.5, 0.6) is 0 Å². The number of aromatic nitrogens is 3. The van der Waals surface area contributed by atoms with Crippen LogP contribution in [0.3, 0.4) is 0 Å². The minimum Gasteiger partial charge on any atom is -0.352 e. The molecule has 2 aromatic heterocycles. The van der Waals surface area contributed by atoms with Gasteiger partial charge >= 0.3 is 0 Å². The summed E-state index contributed by atoms with van der Waals surface area (Å²) in [4.78, 5) is 15.0. The average Bonchev–Trinajstić information content (AvgIpc) is 3.12. The Morgan fingerprint density at radius 2 is 1.72 bits per heavy atom. The molecule has 4 nitrogen and oxygen atoms in total. The Hall–Kier alpha value is -3.14. The molecule has 3 heterocycles. The maximum absolute atomic E-state index is 4.69. The number of hydrogen-bond donors (Lipinski definition) is 1. The second-order valence-electron chi connectivity index (χ2n) is 6.45. The number of aromatic amines is 1. The SMILES string of the molecule is c1ccc2c(c1)CCN(c1ccc(-c3nc4ccccc4[nH]3)cn1)C2. The van der Waals surface area contributed by atoms with E-state index in [4.69, 9.17) is 0 Å². The average molecular weight is 326 g/mol. The molecule has 5 rings (SSSR count). The van der Waals surface area contributed by atoms with Crippen LogP contribution >= 0.6 is 0 Å². The fourth-order valence-electron chi connectivity index (χ4n) is 3.49. The van der Waals surface area contributed by atoms with Crippen LogP contribution in [0.1, 0.15) is 11.1 Å². The summed E-state index contributed by atoms with van der Waals surface area (Å²) in [5.74, 6) is 1.89. The van der Waals surface area contributed by atoms with E-state index in [-0.39, 0.29) is 0 Å². The van der Waals surface area contributed by atoms with Gasteiger partial charge in [0.15, 0.2) is 0 Å². The van der Waals surface area contributed by atoms with Crippen LogP contribution in [0, 0.1) is 0 Å². The Morgan fingerprint density at radius 3 is 2.56 bits per heavy atom. The van der Waals surface area contributed by atoms with E-state index in [0.717, 1.165) is 47.7 Å². The first-order valence-electron chi connectivity index (χ1n) is 8.60. The van der Waals surface area contributed by atoms with Crippen molar-refractivity contribution in [1.29, 1.82) is 0 Å². The molecule has 1 aliphatic rings. The van der Waals surface area contributed by atoms with Crippen LogP contribution in [0.4, 0.5) is 5.82 Å². The van der Waals surface area contributed by atoms with Crippen molar-refractivity contribution in [2.24, 2.45) is 0 Å². The molecule has 0 bridgehead atoms. The van der Waals surface area contributed by atoms with Crippen molar-refractivity contribution in [3.63, 3.8) is 0 Å². The Kier molecular flexibility index (Phi) is 3.27. The van der Waals surface area contributed by atoms with Gasteiger partial charge in [-0.2, -0.15) is 0 Å². The van der Waals surface area contributed by atoms with Gasteiger partial charge in [-0.1, -0.05) is 36.4 Å². The molecule has 122 valence electrons. The summed E-state index contributed by atoms with van der Waals surface area (Å²) >= 11 is 0. The third-order valence-electron chi connectivity index (χ3n) is 4.87. The lowest BCUT2D eigenvalue weighted by atomic mass is 10.00. The molecule has 4 aromatic rings. The Labute approximate surface area is 146 Å².